The average Bonchev–Trinajstić information content (AvgIpc) is 2.97. The molecule has 1 unspecified atom stereocenters. The van der Waals surface area contributed by atoms with Gasteiger partial charge in [-0.25, -0.2) is 9.78 Å². The van der Waals surface area contributed by atoms with Gasteiger partial charge in [-0.05, 0) is 24.3 Å². The van der Waals surface area contributed by atoms with Gasteiger partial charge in [0.1, 0.15) is 20.2 Å². The summed E-state index contributed by atoms with van der Waals surface area (Å²) in [4.78, 5) is 19.9. The van der Waals surface area contributed by atoms with Crippen LogP contribution in [0.3, 0.4) is 0 Å². The number of carboxylic acid groups (broad SMARTS) is 1. The van der Waals surface area contributed by atoms with Gasteiger partial charge >= 0.3 is 5.97 Å². The zero-order valence-electron chi connectivity index (χ0n) is 10.7. The summed E-state index contributed by atoms with van der Waals surface area (Å²) in [6.45, 7) is 1.78. The Kier molecular flexibility index (Phi) is 3.66. The lowest BCUT2D eigenvalue weighted by atomic mass is 10.2. The largest absolute Gasteiger partial charge is 0.477 e. The Morgan fingerprint density at radius 3 is 3.10 bits per heavy atom. The van der Waals surface area contributed by atoms with E-state index in [1.165, 1.54) is 11.3 Å². The molecule has 4 nitrogen and oxygen atoms in total. The van der Waals surface area contributed by atoms with Crippen molar-refractivity contribution in [2.24, 2.45) is 0 Å². The SMILES string of the molecule is Cc1c(C(=O)O)sc2nc(CC3CC=CS3)[nH]c(=S)c12. The smallest absolute Gasteiger partial charge is 0.346 e. The molecule has 0 aromatic carbocycles. The van der Waals surface area contributed by atoms with Gasteiger partial charge in [-0.2, -0.15) is 0 Å². The maximum atomic E-state index is 11.2. The molecule has 7 heteroatoms. The fourth-order valence-corrected chi connectivity index (χ4v) is 4.67. The molecule has 2 aromatic heterocycles. The van der Waals surface area contributed by atoms with E-state index in [1.807, 2.05) is 0 Å². The number of nitrogens with one attached hydrogen (secondary N) is 1. The highest BCUT2D eigenvalue weighted by molar-refractivity contribution is 8.03. The number of H-pyrrole nitrogens is 1. The van der Waals surface area contributed by atoms with E-state index in [9.17, 15) is 9.90 Å². The molecular weight excluding hydrogens is 312 g/mol. The Morgan fingerprint density at radius 1 is 1.65 bits per heavy atom. The van der Waals surface area contributed by atoms with Gasteiger partial charge in [-0.15, -0.1) is 23.1 Å². The number of aromatic nitrogens is 2. The average molecular weight is 324 g/mol. The molecular formula is C13H12N2O2S3. The molecule has 0 saturated carbocycles. The topological polar surface area (TPSA) is 66.0 Å². The van der Waals surface area contributed by atoms with Crippen molar-refractivity contribution in [2.45, 2.75) is 25.0 Å². The molecule has 0 aliphatic carbocycles. The molecule has 104 valence electrons. The van der Waals surface area contributed by atoms with Crippen LogP contribution in [0.15, 0.2) is 11.5 Å². The molecule has 0 saturated heterocycles. The van der Waals surface area contributed by atoms with Crippen molar-refractivity contribution in [3.63, 3.8) is 0 Å². The third-order valence-electron chi connectivity index (χ3n) is 3.23. The Balaban J connectivity index is 2.05. The van der Waals surface area contributed by atoms with E-state index in [4.69, 9.17) is 12.2 Å². The summed E-state index contributed by atoms with van der Waals surface area (Å²) in [7, 11) is 0. The number of carboxylic acids is 1. The number of carbonyl (C=O) groups is 1. The van der Waals surface area contributed by atoms with Gasteiger partial charge < -0.3 is 10.1 Å². The number of thioether (sulfide) groups is 1. The summed E-state index contributed by atoms with van der Waals surface area (Å²) < 4.78 is 0.585. The number of nitrogens with zero attached hydrogens (tertiary/aromatic N) is 1. The van der Waals surface area contributed by atoms with Gasteiger partial charge in [0.15, 0.2) is 0 Å². The minimum atomic E-state index is -0.919. The molecule has 3 heterocycles. The number of allylic oxidation sites excluding steroid dienone is 1. The maximum Gasteiger partial charge on any atom is 0.346 e. The molecule has 0 radical (unpaired) electrons. The molecule has 3 rings (SSSR count). The quantitative estimate of drug-likeness (QED) is 0.838. The predicted molar refractivity (Wildman–Crippen MR) is 85.3 cm³/mol. The predicted octanol–water partition coefficient (Wildman–Crippen LogP) is 3.92. The van der Waals surface area contributed by atoms with Crippen LogP contribution >= 0.6 is 35.3 Å². The van der Waals surface area contributed by atoms with Crippen molar-refractivity contribution in [1.82, 2.24) is 9.97 Å². The van der Waals surface area contributed by atoms with E-state index in [0.717, 1.165) is 28.9 Å². The first-order chi connectivity index (χ1) is 9.56. The monoisotopic (exact) mass is 324 g/mol. The second-order valence-electron chi connectivity index (χ2n) is 4.62. The van der Waals surface area contributed by atoms with Crippen molar-refractivity contribution in [1.29, 1.82) is 0 Å². The molecule has 1 aliphatic rings. The van der Waals surface area contributed by atoms with E-state index in [0.29, 0.717) is 20.3 Å². The zero-order valence-corrected chi connectivity index (χ0v) is 13.1. The normalized spacial score (nSPS) is 17.9. The minimum Gasteiger partial charge on any atom is -0.477 e. The Morgan fingerprint density at radius 2 is 2.45 bits per heavy atom. The molecule has 2 N–H and O–H groups in total. The van der Waals surface area contributed by atoms with Crippen molar-refractivity contribution in [2.75, 3.05) is 0 Å². The van der Waals surface area contributed by atoms with Gasteiger partial charge in [0.05, 0.1) is 0 Å². The Bertz CT molecular complexity index is 768. The van der Waals surface area contributed by atoms with Crippen molar-refractivity contribution in [3.05, 3.63) is 32.4 Å². The van der Waals surface area contributed by atoms with Gasteiger partial charge in [0.2, 0.25) is 0 Å². The molecule has 0 bridgehead atoms. The summed E-state index contributed by atoms with van der Waals surface area (Å²) in [6.07, 6.45) is 4.01. The standard InChI is InChI=1S/C13H12N2O2S3/c1-6-9-11(18)14-8(5-7-3-2-4-19-7)15-12(9)20-10(6)13(16)17/h2,4,7H,3,5H2,1H3,(H,16,17)(H,14,15,18). The number of thiophene rings is 1. The van der Waals surface area contributed by atoms with Crippen LogP contribution in [0.25, 0.3) is 10.2 Å². The molecule has 0 spiro atoms. The van der Waals surface area contributed by atoms with Crippen LogP contribution in [-0.2, 0) is 6.42 Å². The number of aryl methyl sites for hydroxylation is 1. The molecule has 1 aliphatic heterocycles. The third kappa shape index (κ3) is 2.41. The molecule has 20 heavy (non-hydrogen) atoms. The number of fused-ring (bicyclic) bond motifs is 1. The number of hydrogen-bond donors (Lipinski definition) is 2. The second-order valence-corrected chi connectivity index (χ2v) is 7.24. The van der Waals surface area contributed by atoms with E-state index < -0.39 is 5.97 Å². The Labute approximate surface area is 128 Å². The van der Waals surface area contributed by atoms with Crippen LogP contribution in [-0.4, -0.2) is 26.3 Å². The van der Waals surface area contributed by atoms with Crippen molar-refractivity contribution < 1.29 is 9.90 Å². The summed E-state index contributed by atoms with van der Waals surface area (Å²) in [5, 5.41) is 12.5. The molecule has 0 amide bonds. The van der Waals surface area contributed by atoms with E-state index in [2.05, 4.69) is 21.5 Å². The fourth-order valence-electron chi connectivity index (χ4n) is 2.27. The summed E-state index contributed by atoms with van der Waals surface area (Å²) in [5.41, 5.74) is 0.703. The van der Waals surface area contributed by atoms with Gasteiger partial charge in [0.25, 0.3) is 0 Å². The number of aromatic carboxylic acids is 1. The maximum absolute atomic E-state index is 11.2. The summed E-state index contributed by atoms with van der Waals surface area (Å²) >= 11 is 8.36. The van der Waals surface area contributed by atoms with Crippen molar-refractivity contribution >= 4 is 51.5 Å². The highest BCUT2D eigenvalue weighted by Gasteiger charge is 2.19. The fraction of sp³-hybridized carbons (Fsp3) is 0.308. The van der Waals surface area contributed by atoms with Gasteiger partial charge in [0, 0.05) is 17.1 Å². The van der Waals surface area contributed by atoms with Crippen LogP contribution in [0.2, 0.25) is 0 Å². The second kappa shape index (κ2) is 5.31. The van der Waals surface area contributed by atoms with E-state index >= 15 is 0 Å². The van der Waals surface area contributed by atoms with E-state index in [1.54, 1.807) is 18.7 Å². The van der Waals surface area contributed by atoms with E-state index in [-0.39, 0.29) is 0 Å². The Hall–Kier alpha value is -1.18. The first-order valence-electron chi connectivity index (χ1n) is 6.12. The molecule has 2 aromatic rings. The van der Waals surface area contributed by atoms with Crippen LogP contribution in [0.4, 0.5) is 0 Å². The number of rotatable bonds is 3. The van der Waals surface area contributed by atoms with Crippen LogP contribution in [0, 0.1) is 11.6 Å². The first kappa shape index (κ1) is 13.8. The minimum absolute atomic E-state index is 0.320. The number of aromatic amines is 1. The van der Waals surface area contributed by atoms with Crippen LogP contribution < -0.4 is 0 Å². The summed E-state index contributed by atoms with van der Waals surface area (Å²) in [5.74, 6) is -0.0844. The lowest BCUT2D eigenvalue weighted by Gasteiger charge is -2.07. The highest BCUT2D eigenvalue weighted by Crippen LogP contribution is 2.31. The van der Waals surface area contributed by atoms with Crippen LogP contribution in [0.1, 0.15) is 27.5 Å². The van der Waals surface area contributed by atoms with Crippen LogP contribution in [0.5, 0.6) is 0 Å². The van der Waals surface area contributed by atoms with Gasteiger partial charge in [-0.1, -0.05) is 18.3 Å². The zero-order chi connectivity index (χ0) is 14.3. The van der Waals surface area contributed by atoms with Gasteiger partial charge in [-0.3, -0.25) is 0 Å². The summed E-state index contributed by atoms with van der Waals surface area (Å²) in [6, 6.07) is 0. The lowest BCUT2D eigenvalue weighted by molar-refractivity contribution is 0.0701. The molecule has 0 fully saturated rings. The molecule has 1 atom stereocenters. The third-order valence-corrected chi connectivity index (χ3v) is 5.80. The lowest BCUT2D eigenvalue weighted by Crippen LogP contribution is -2.06. The first-order valence-corrected chi connectivity index (χ1v) is 8.29. The number of hydrogen-bond acceptors (Lipinski definition) is 5. The van der Waals surface area contributed by atoms with Crippen molar-refractivity contribution in [3.8, 4) is 0 Å². The highest BCUT2D eigenvalue weighted by atomic mass is 32.2.